The maximum absolute atomic E-state index is 11.3. The molecule has 0 aliphatic heterocycles. The second-order valence-electron chi connectivity index (χ2n) is 4.10. The molecule has 0 aliphatic carbocycles. The molecule has 0 saturated carbocycles. The molecule has 0 fully saturated rings. The fourth-order valence-corrected chi connectivity index (χ4v) is 3.37. The number of halogens is 1. The number of carboxylic acid groups (broad SMARTS) is 1. The molecule has 0 aromatic heterocycles. The fraction of sp³-hybridized carbons (Fsp3) is 0.462. The van der Waals surface area contributed by atoms with Crippen LogP contribution < -0.4 is 0 Å². The molecule has 1 aromatic carbocycles. The Bertz CT molecular complexity index is 381. The molecule has 17 heavy (non-hydrogen) atoms. The van der Waals surface area contributed by atoms with Gasteiger partial charge >= 0.3 is 5.97 Å². The van der Waals surface area contributed by atoms with E-state index in [0.29, 0.717) is 0 Å². The predicted molar refractivity (Wildman–Crippen MR) is 75.5 cm³/mol. The lowest BCUT2D eigenvalue weighted by Crippen LogP contribution is -2.24. The van der Waals surface area contributed by atoms with E-state index in [1.807, 2.05) is 31.2 Å². The molecule has 0 bridgehead atoms. The molecule has 0 spiro atoms. The van der Waals surface area contributed by atoms with Gasteiger partial charge in [0, 0.05) is 9.37 Å². The van der Waals surface area contributed by atoms with Crippen LogP contribution in [0.15, 0.2) is 33.6 Å². The van der Waals surface area contributed by atoms with Gasteiger partial charge in [-0.05, 0) is 30.5 Å². The van der Waals surface area contributed by atoms with Crippen molar-refractivity contribution in [1.29, 1.82) is 0 Å². The normalized spacial score (nSPS) is 14.3. The standard InChI is InChI=1S/C13H17BrO2S/c1-3-5-9(2)12(13(15)16)17-11-7-4-6-10(14)8-11/h4,6-9,12H,3,5H2,1-2H3,(H,15,16). The third kappa shape index (κ3) is 4.72. The number of carboxylic acids is 1. The van der Waals surface area contributed by atoms with Gasteiger partial charge in [-0.2, -0.15) is 0 Å². The Balaban J connectivity index is 2.76. The zero-order chi connectivity index (χ0) is 12.8. The van der Waals surface area contributed by atoms with Crippen LogP contribution in [0.3, 0.4) is 0 Å². The summed E-state index contributed by atoms with van der Waals surface area (Å²) in [6, 6.07) is 7.77. The SMILES string of the molecule is CCCC(C)C(Sc1cccc(Br)c1)C(=O)O. The van der Waals surface area contributed by atoms with Gasteiger partial charge in [0.05, 0.1) is 0 Å². The zero-order valence-electron chi connectivity index (χ0n) is 10.0. The van der Waals surface area contributed by atoms with E-state index in [9.17, 15) is 9.90 Å². The minimum absolute atomic E-state index is 0.182. The Morgan fingerprint density at radius 1 is 1.53 bits per heavy atom. The van der Waals surface area contributed by atoms with Crippen LogP contribution in [0, 0.1) is 5.92 Å². The van der Waals surface area contributed by atoms with Gasteiger partial charge in [-0.1, -0.05) is 42.3 Å². The number of benzene rings is 1. The Labute approximate surface area is 115 Å². The summed E-state index contributed by atoms with van der Waals surface area (Å²) in [5.41, 5.74) is 0. The molecule has 94 valence electrons. The van der Waals surface area contributed by atoms with Gasteiger partial charge in [0.2, 0.25) is 0 Å². The van der Waals surface area contributed by atoms with Gasteiger partial charge in [0.25, 0.3) is 0 Å². The molecule has 1 rings (SSSR count). The zero-order valence-corrected chi connectivity index (χ0v) is 12.4. The largest absolute Gasteiger partial charge is 0.480 e. The van der Waals surface area contributed by atoms with Crippen molar-refractivity contribution in [2.75, 3.05) is 0 Å². The van der Waals surface area contributed by atoms with Crippen LogP contribution in [0.25, 0.3) is 0 Å². The molecule has 0 radical (unpaired) electrons. The third-order valence-electron chi connectivity index (χ3n) is 2.56. The van der Waals surface area contributed by atoms with Crippen molar-refractivity contribution in [1.82, 2.24) is 0 Å². The summed E-state index contributed by atoms with van der Waals surface area (Å²) in [6.45, 7) is 4.09. The summed E-state index contributed by atoms with van der Waals surface area (Å²) in [5, 5.41) is 8.90. The van der Waals surface area contributed by atoms with Crippen LogP contribution in [0.1, 0.15) is 26.7 Å². The first-order valence-corrected chi connectivity index (χ1v) is 7.37. The Morgan fingerprint density at radius 2 is 2.24 bits per heavy atom. The quantitative estimate of drug-likeness (QED) is 0.789. The van der Waals surface area contributed by atoms with Crippen molar-refractivity contribution < 1.29 is 9.90 Å². The van der Waals surface area contributed by atoms with Crippen molar-refractivity contribution in [2.24, 2.45) is 5.92 Å². The minimum atomic E-state index is -0.726. The predicted octanol–water partition coefficient (Wildman–Crippen LogP) is 4.43. The monoisotopic (exact) mass is 316 g/mol. The first-order chi connectivity index (χ1) is 8.04. The van der Waals surface area contributed by atoms with Gasteiger partial charge in [0.15, 0.2) is 0 Å². The van der Waals surface area contributed by atoms with Crippen molar-refractivity contribution in [3.63, 3.8) is 0 Å². The van der Waals surface area contributed by atoms with Crippen LogP contribution in [0.4, 0.5) is 0 Å². The van der Waals surface area contributed by atoms with Gasteiger partial charge in [0.1, 0.15) is 5.25 Å². The second-order valence-corrected chi connectivity index (χ2v) is 6.23. The van der Waals surface area contributed by atoms with Gasteiger partial charge in [-0.25, -0.2) is 0 Å². The second kappa shape index (κ2) is 7.07. The molecule has 4 heteroatoms. The summed E-state index contributed by atoms with van der Waals surface area (Å²) < 4.78 is 0.981. The molecular formula is C13H17BrO2S. The molecule has 0 aliphatic rings. The number of hydrogen-bond acceptors (Lipinski definition) is 2. The lowest BCUT2D eigenvalue weighted by molar-refractivity contribution is -0.137. The summed E-state index contributed by atoms with van der Waals surface area (Å²) in [6.07, 6.45) is 1.96. The van der Waals surface area contributed by atoms with Crippen molar-refractivity contribution in [2.45, 2.75) is 36.8 Å². The summed E-state index contributed by atoms with van der Waals surface area (Å²) in [4.78, 5) is 12.3. The number of hydrogen-bond donors (Lipinski definition) is 1. The van der Waals surface area contributed by atoms with Crippen LogP contribution in [0.2, 0.25) is 0 Å². The van der Waals surface area contributed by atoms with Crippen molar-refractivity contribution in [3.05, 3.63) is 28.7 Å². The highest BCUT2D eigenvalue weighted by atomic mass is 79.9. The average Bonchev–Trinajstić information content (AvgIpc) is 2.26. The molecule has 0 amide bonds. The molecular weight excluding hydrogens is 300 g/mol. The van der Waals surface area contributed by atoms with Gasteiger partial charge in [-0.3, -0.25) is 4.79 Å². The Morgan fingerprint density at radius 3 is 2.76 bits per heavy atom. The molecule has 2 unspecified atom stereocenters. The van der Waals surface area contributed by atoms with E-state index >= 15 is 0 Å². The smallest absolute Gasteiger partial charge is 0.317 e. The maximum atomic E-state index is 11.3. The highest BCUT2D eigenvalue weighted by Crippen LogP contribution is 2.31. The molecule has 0 saturated heterocycles. The highest BCUT2D eigenvalue weighted by molar-refractivity contribution is 9.10. The number of thioether (sulfide) groups is 1. The van der Waals surface area contributed by atoms with Crippen LogP contribution in [0.5, 0.6) is 0 Å². The van der Waals surface area contributed by atoms with Crippen LogP contribution in [-0.4, -0.2) is 16.3 Å². The maximum Gasteiger partial charge on any atom is 0.317 e. The van der Waals surface area contributed by atoms with E-state index in [0.717, 1.165) is 22.2 Å². The average molecular weight is 317 g/mol. The van der Waals surface area contributed by atoms with E-state index in [-0.39, 0.29) is 11.2 Å². The Kier molecular flexibility index (Phi) is 6.06. The Hall–Kier alpha value is -0.480. The number of carbonyl (C=O) groups is 1. The summed E-state index contributed by atoms with van der Waals surface area (Å²) in [7, 11) is 0. The van der Waals surface area contributed by atoms with E-state index in [4.69, 9.17) is 0 Å². The lowest BCUT2D eigenvalue weighted by Gasteiger charge is -2.19. The molecule has 0 heterocycles. The third-order valence-corrected chi connectivity index (χ3v) is 4.50. The fourth-order valence-electron chi connectivity index (χ4n) is 1.70. The lowest BCUT2D eigenvalue weighted by atomic mass is 10.0. The number of aliphatic carboxylic acids is 1. The van der Waals surface area contributed by atoms with Crippen molar-refractivity contribution in [3.8, 4) is 0 Å². The molecule has 1 N–H and O–H groups in total. The van der Waals surface area contributed by atoms with Gasteiger partial charge in [-0.15, -0.1) is 11.8 Å². The minimum Gasteiger partial charge on any atom is -0.480 e. The van der Waals surface area contributed by atoms with Gasteiger partial charge < -0.3 is 5.11 Å². The topological polar surface area (TPSA) is 37.3 Å². The first kappa shape index (κ1) is 14.6. The van der Waals surface area contributed by atoms with E-state index in [2.05, 4.69) is 22.9 Å². The molecule has 1 aromatic rings. The van der Waals surface area contributed by atoms with Crippen molar-refractivity contribution >= 4 is 33.7 Å². The highest BCUT2D eigenvalue weighted by Gasteiger charge is 2.25. The first-order valence-electron chi connectivity index (χ1n) is 5.69. The molecule has 2 atom stereocenters. The van der Waals surface area contributed by atoms with E-state index < -0.39 is 5.97 Å². The van der Waals surface area contributed by atoms with E-state index in [1.54, 1.807) is 0 Å². The number of rotatable bonds is 6. The van der Waals surface area contributed by atoms with E-state index in [1.165, 1.54) is 11.8 Å². The van der Waals surface area contributed by atoms with Crippen LogP contribution >= 0.6 is 27.7 Å². The summed E-state index contributed by atoms with van der Waals surface area (Å²) in [5.74, 6) is -0.544. The summed E-state index contributed by atoms with van der Waals surface area (Å²) >= 11 is 4.83. The molecule has 2 nitrogen and oxygen atoms in total. The van der Waals surface area contributed by atoms with Crippen LogP contribution in [-0.2, 0) is 4.79 Å².